The first-order chi connectivity index (χ1) is 57.5. The standard InChI is InChI=1S/C30H42N4O6S.C28H38N4O6S.C22H30N4O3S.C8H14O4/c1-6-40-25(37)10-8-7-9-24(36)33-27(30(3,4)5)29(39)34-17-22(35)15-23(34)28(38)31-16-20-11-13-21(14-12-20)26-19(2)32-18-41-26;1-17-24(39-16-30-17)19-11-9-18(10-12-19)14-29-26(37)21-13-20(33)15-32(21)27(38)25(28(2,3)4)31-22(34)7-5-6-8-23(35)36;1-13-18(30-12-25-13)15-7-5-14(6-8-15)10-24-20(28)17-9-16(27)11-26(17)21(29)19(23)22(2,3)4;1-2-12-8(11)6-4-3-5-7(9)10/h11-14,18,22-23,27,35H,6-10,15-17H2,1-5H3,(H,31,38)(H,33,36);9-12,16,20-21,25,33H,5-8,13-15H2,1-4H3,(H,29,37)(H,31,34)(H,35,36);5-8,12,16-17,19,27H,9-11,23H2,1-4H3,(H,24,28);2-6H2,1H3,(H,9,10)/t22-,23+,27-;20-,21+,25-;16-,17+,19-;/m111./s1. The average molecular weight is 1750 g/mol. The number of unbranched alkanes of at least 4 members (excludes halogenated alkanes) is 3. The SMILES string of the molecule is CCOC(=O)CCCCC(=O)N[C@H](C(=O)N1C[C@H](O)C[C@H]1C(=O)NCc1ccc(-c2scnc2C)cc1)C(C)(C)C.CCOC(=O)CCCCC(=O)O.Cc1ncsc1-c1ccc(CNC(=O)[C@@H]2C[C@@H](O)CN2C(=O)[C@@H](N)C(C)(C)C)cc1.Cc1ncsc1-c1ccc(CNC(=O)[C@@H]2C[C@@H](O)CN2C(=O)[C@@H](NC(=O)CCCCC(=O)O)C(C)(C)C)cc1. The van der Waals surface area contributed by atoms with Gasteiger partial charge in [0.15, 0.2) is 0 Å². The quantitative estimate of drug-likeness (QED) is 0.0132. The van der Waals surface area contributed by atoms with Gasteiger partial charge < -0.3 is 82.0 Å². The molecule has 3 saturated heterocycles. The lowest BCUT2D eigenvalue weighted by Gasteiger charge is -2.35. The van der Waals surface area contributed by atoms with E-state index in [9.17, 15) is 72.9 Å². The van der Waals surface area contributed by atoms with Crippen molar-refractivity contribution in [2.24, 2.45) is 22.0 Å². The van der Waals surface area contributed by atoms with Crippen LogP contribution in [0.25, 0.3) is 31.3 Å². The number of nitrogens with two attached hydrogens (primary N) is 1. The monoisotopic (exact) mass is 1750 g/mol. The number of aromatic nitrogens is 3. The Morgan fingerprint density at radius 1 is 0.426 bits per heavy atom. The highest BCUT2D eigenvalue weighted by Crippen LogP contribution is 2.34. The normalized spacial score (nSPS) is 17.6. The van der Waals surface area contributed by atoms with Crippen LogP contribution in [0.3, 0.4) is 0 Å². The van der Waals surface area contributed by atoms with E-state index in [4.69, 9.17) is 20.7 Å². The van der Waals surface area contributed by atoms with E-state index in [1.54, 1.807) is 53.4 Å². The summed E-state index contributed by atoms with van der Waals surface area (Å²) in [5.41, 5.74) is 18.7. The number of nitrogens with zero attached hydrogens (tertiary/aromatic N) is 6. The third-order valence-corrected chi connectivity index (χ3v) is 23.6. The van der Waals surface area contributed by atoms with Gasteiger partial charge in [-0.1, -0.05) is 135 Å². The first-order valence-electron chi connectivity index (χ1n) is 41.4. The number of hydrogen-bond acceptors (Lipinski definition) is 24. The highest BCUT2D eigenvalue weighted by atomic mass is 32.1. The number of esters is 2. The van der Waals surface area contributed by atoms with Crippen LogP contribution in [0, 0.1) is 37.0 Å². The van der Waals surface area contributed by atoms with Gasteiger partial charge in [-0.15, -0.1) is 34.0 Å². The van der Waals surface area contributed by atoms with Gasteiger partial charge >= 0.3 is 23.9 Å². The highest BCUT2D eigenvalue weighted by Gasteiger charge is 2.47. The molecule has 31 nitrogen and oxygen atoms in total. The number of carboxylic acids is 2. The second-order valence-electron chi connectivity index (χ2n) is 33.8. The fraction of sp³-hybridized carbons (Fsp3) is 0.557. The van der Waals surface area contributed by atoms with Crippen molar-refractivity contribution < 1.29 is 92.5 Å². The van der Waals surface area contributed by atoms with E-state index in [1.807, 2.05) is 167 Å². The second kappa shape index (κ2) is 48.2. The predicted octanol–water partition coefficient (Wildman–Crippen LogP) is 9.49. The molecule has 0 radical (unpaired) electrons. The predicted molar refractivity (Wildman–Crippen MR) is 465 cm³/mol. The van der Waals surface area contributed by atoms with E-state index in [2.05, 4.69) is 46.3 Å². The Kier molecular flexibility index (Phi) is 39.8. The summed E-state index contributed by atoms with van der Waals surface area (Å²) in [6.45, 7) is 27.8. The minimum absolute atomic E-state index is 0.000872. The van der Waals surface area contributed by atoms with Crippen LogP contribution in [0.15, 0.2) is 89.3 Å². The molecule has 3 aromatic carbocycles. The number of aryl methyl sites for hydroxylation is 3. The first kappa shape index (κ1) is 101. The molecule has 3 fully saturated rings. The molecule has 3 aliphatic rings. The van der Waals surface area contributed by atoms with E-state index < -0.39 is 94.6 Å². The van der Waals surface area contributed by atoms with Crippen LogP contribution >= 0.6 is 34.0 Å². The summed E-state index contributed by atoms with van der Waals surface area (Å²) in [6, 6.07) is 18.7. The number of carbonyl (C=O) groups is 12. The molecule has 0 saturated carbocycles. The van der Waals surface area contributed by atoms with Crippen molar-refractivity contribution in [3.05, 3.63) is 123 Å². The molecule has 122 heavy (non-hydrogen) atoms. The number of aliphatic hydroxyl groups excluding tert-OH is 3. The molecule has 9 atom stereocenters. The lowest BCUT2D eigenvalue weighted by molar-refractivity contribution is -0.144. The van der Waals surface area contributed by atoms with E-state index in [-0.39, 0.29) is 131 Å². The van der Waals surface area contributed by atoms with Gasteiger partial charge in [0.2, 0.25) is 47.3 Å². The van der Waals surface area contributed by atoms with Gasteiger partial charge in [-0.05, 0) is 123 Å². The van der Waals surface area contributed by atoms with Crippen LogP contribution in [0.2, 0.25) is 0 Å². The lowest BCUT2D eigenvalue weighted by Crippen LogP contribution is -2.57. The zero-order valence-electron chi connectivity index (χ0n) is 72.6. The molecular formula is C88H124N12O19S3. The number of aliphatic hydroxyl groups is 3. The molecule has 6 heterocycles. The van der Waals surface area contributed by atoms with E-state index in [0.29, 0.717) is 64.7 Å². The van der Waals surface area contributed by atoms with Crippen molar-refractivity contribution in [3.8, 4) is 31.3 Å². The maximum atomic E-state index is 13.7. The van der Waals surface area contributed by atoms with Crippen molar-refractivity contribution in [3.63, 3.8) is 0 Å². The molecule has 0 spiro atoms. The summed E-state index contributed by atoms with van der Waals surface area (Å²) in [6.07, 6.45) is 1.84. The van der Waals surface area contributed by atoms with Crippen molar-refractivity contribution in [2.75, 3.05) is 32.8 Å². The summed E-state index contributed by atoms with van der Waals surface area (Å²) < 4.78 is 9.57. The number of β-amino-alcohol motifs (C(OH)–C–C–N with tert-alkyl or cyclic N) is 3. The second-order valence-corrected chi connectivity index (χ2v) is 36.4. The molecule has 9 rings (SSSR count). The molecule has 12 N–H and O–H groups in total. The molecule has 0 bridgehead atoms. The summed E-state index contributed by atoms with van der Waals surface area (Å²) in [7, 11) is 0. The number of nitrogens with one attached hydrogen (secondary N) is 5. The molecule has 668 valence electrons. The molecule has 0 aliphatic carbocycles. The number of aliphatic carboxylic acids is 2. The number of carbonyl (C=O) groups excluding carboxylic acids is 10. The Morgan fingerprint density at radius 2 is 0.697 bits per heavy atom. The number of benzene rings is 3. The van der Waals surface area contributed by atoms with Crippen molar-refractivity contribution in [1.82, 2.24) is 56.2 Å². The Labute approximate surface area is 726 Å². The molecule has 3 aromatic heterocycles. The van der Waals surface area contributed by atoms with Crippen LogP contribution in [-0.2, 0) is 86.6 Å². The lowest BCUT2D eigenvalue weighted by atomic mass is 9.85. The van der Waals surface area contributed by atoms with Crippen molar-refractivity contribution >= 4 is 105 Å². The minimum Gasteiger partial charge on any atom is -0.481 e. The van der Waals surface area contributed by atoms with Crippen molar-refractivity contribution in [1.29, 1.82) is 0 Å². The fourth-order valence-electron chi connectivity index (χ4n) is 13.7. The number of ether oxygens (including phenoxy) is 2. The number of thiazole rings is 3. The summed E-state index contributed by atoms with van der Waals surface area (Å²) in [5.74, 6) is -5.07. The smallest absolute Gasteiger partial charge is 0.305 e. The van der Waals surface area contributed by atoms with Crippen LogP contribution in [0.4, 0.5) is 0 Å². The number of carboxylic acid groups (broad SMARTS) is 2. The Morgan fingerprint density at radius 3 is 0.943 bits per heavy atom. The first-order valence-corrected chi connectivity index (χ1v) is 44.0. The van der Waals surface area contributed by atoms with Crippen LogP contribution in [-0.4, -0.2) is 214 Å². The van der Waals surface area contributed by atoms with Gasteiger partial charge in [0.05, 0.1) is 85.8 Å². The Hall–Kier alpha value is -9.97. The molecule has 8 amide bonds. The van der Waals surface area contributed by atoms with Gasteiger partial charge in [-0.3, -0.25) is 57.5 Å². The number of amides is 8. The van der Waals surface area contributed by atoms with Gasteiger partial charge in [0.25, 0.3) is 0 Å². The topological polar surface area (TPSA) is 459 Å². The van der Waals surface area contributed by atoms with Crippen molar-refractivity contribution in [2.45, 2.75) is 267 Å². The number of rotatable bonds is 34. The maximum absolute atomic E-state index is 13.7. The molecule has 6 aromatic rings. The molecule has 34 heteroatoms. The molecular weight excluding hydrogens is 1630 g/mol. The van der Waals surface area contributed by atoms with Crippen LogP contribution in [0.1, 0.15) is 206 Å². The largest absolute Gasteiger partial charge is 0.481 e. The molecule has 0 unspecified atom stereocenters. The Bertz CT molecular complexity index is 4460. The van der Waals surface area contributed by atoms with Crippen LogP contribution in [0.5, 0.6) is 0 Å². The third-order valence-electron chi connectivity index (χ3n) is 20.6. The van der Waals surface area contributed by atoms with Gasteiger partial charge in [-0.2, -0.15) is 0 Å². The summed E-state index contributed by atoms with van der Waals surface area (Å²) >= 11 is 4.74. The average Bonchev–Trinajstić information content (AvgIpc) is 1.61. The van der Waals surface area contributed by atoms with E-state index >= 15 is 0 Å². The zero-order valence-corrected chi connectivity index (χ0v) is 75.0. The van der Waals surface area contributed by atoms with E-state index in [1.165, 1.54) is 14.7 Å². The van der Waals surface area contributed by atoms with Gasteiger partial charge in [0.1, 0.15) is 30.2 Å². The van der Waals surface area contributed by atoms with Gasteiger partial charge in [-0.25, -0.2) is 15.0 Å². The van der Waals surface area contributed by atoms with E-state index in [0.717, 1.165) is 65.1 Å². The Balaban J connectivity index is 0.000000267. The number of hydrogen-bond donors (Lipinski definition) is 11. The number of likely N-dealkylation sites (tertiary alicyclic amines) is 3. The maximum Gasteiger partial charge on any atom is 0.305 e. The highest BCUT2D eigenvalue weighted by molar-refractivity contribution is 7.14. The third kappa shape index (κ3) is 32.0. The van der Waals surface area contributed by atoms with Gasteiger partial charge in [0, 0.05) is 97.1 Å². The van der Waals surface area contributed by atoms with Crippen LogP contribution < -0.4 is 32.3 Å². The minimum atomic E-state index is -0.918. The summed E-state index contributed by atoms with van der Waals surface area (Å²) in [5, 5.41) is 62.1. The zero-order chi connectivity index (χ0) is 90.3. The molecule has 3 aliphatic heterocycles. The summed E-state index contributed by atoms with van der Waals surface area (Å²) in [4.78, 5) is 168. The fourth-order valence-corrected chi connectivity index (χ4v) is 16.1.